The Kier molecular flexibility index (Phi) is 6.86. The predicted molar refractivity (Wildman–Crippen MR) is 146 cm³/mol. The van der Waals surface area contributed by atoms with Crippen molar-refractivity contribution in [1.82, 2.24) is 29.2 Å². The van der Waals surface area contributed by atoms with Gasteiger partial charge in [-0.05, 0) is 63.6 Å². The van der Waals surface area contributed by atoms with E-state index in [2.05, 4.69) is 48.3 Å². The van der Waals surface area contributed by atoms with Crippen molar-refractivity contribution in [1.29, 1.82) is 5.26 Å². The van der Waals surface area contributed by atoms with E-state index in [1.54, 1.807) is 0 Å². The van der Waals surface area contributed by atoms with Crippen LogP contribution in [0.15, 0.2) is 23.4 Å². The number of alkyl halides is 2. The molecule has 39 heavy (non-hydrogen) atoms. The van der Waals surface area contributed by atoms with Gasteiger partial charge in [0.2, 0.25) is 0 Å². The number of imidazole rings is 1. The van der Waals surface area contributed by atoms with Gasteiger partial charge in [0, 0.05) is 37.3 Å². The largest absolute Gasteiger partial charge is 0.367 e. The van der Waals surface area contributed by atoms with E-state index in [1.807, 2.05) is 12.4 Å². The van der Waals surface area contributed by atoms with Gasteiger partial charge >= 0.3 is 0 Å². The highest BCUT2D eigenvalue weighted by molar-refractivity contribution is 7.97. The fourth-order valence-corrected chi connectivity index (χ4v) is 6.35. The number of carbonyl (C=O) groups is 1. The average molecular weight is 573 g/mol. The van der Waals surface area contributed by atoms with Gasteiger partial charge in [0.05, 0.1) is 29.0 Å². The molecule has 0 spiro atoms. The summed E-state index contributed by atoms with van der Waals surface area (Å²) in [6.45, 7) is 3.54. The number of nitrogens with one attached hydrogen (secondary N) is 1. The van der Waals surface area contributed by atoms with E-state index in [1.165, 1.54) is 23.3 Å². The molecule has 206 valence electrons. The van der Waals surface area contributed by atoms with Crippen LogP contribution in [0.2, 0.25) is 0 Å². The first kappa shape index (κ1) is 26.6. The first-order chi connectivity index (χ1) is 18.8. The lowest BCUT2D eigenvalue weighted by Crippen LogP contribution is -2.44. The molecule has 0 bridgehead atoms. The maximum atomic E-state index is 13.4. The number of pyridine rings is 1. The lowest BCUT2D eigenvalue weighted by molar-refractivity contribution is -0.113. The average Bonchev–Trinajstić information content (AvgIpc) is 3.93. The molecule has 0 unspecified atom stereocenters. The number of rotatable bonds is 8. The van der Waals surface area contributed by atoms with Crippen LogP contribution in [0.4, 0.5) is 14.5 Å². The van der Waals surface area contributed by atoms with Gasteiger partial charge in [-0.1, -0.05) is 11.3 Å². The number of aldehydes is 1. The number of likely N-dealkylation sites (N-methyl/N-ethyl adjacent to an activating group) is 1. The highest BCUT2D eigenvalue weighted by atomic mass is 32.2. The van der Waals surface area contributed by atoms with E-state index in [-0.39, 0.29) is 12.2 Å². The first-order valence-corrected chi connectivity index (χ1v) is 14.8. The monoisotopic (exact) mass is 572 g/mol. The number of anilines is 1. The summed E-state index contributed by atoms with van der Waals surface area (Å²) < 4.78 is 30.7. The predicted octanol–water partition coefficient (Wildman–Crippen LogP) is 3.95. The number of hydrogen-bond donors (Lipinski definition) is 1. The Balaban J connectivity index is 0.000000410. The standard InChI is InChI=1S/C22H25FN8S2.C4H5FO/c1-29-6-8-30(9-7-29)16-10-15(33-28-22(13-23)4-5-22)12-31-17(16)11-25-18(31)19-26-27-20(32-19)21(14-24)2-3-21;5-4(3-6)1-2-4/h10-12,28H,2-9,13H2,1H3;3H,1-2H2. The molecule has 1 saturated heterocycles. The summed E-state index contributed by atoms with van der Waals surface area (Å²) in [6, 6.07) is 4.58. The molecule has 4 heterocycles. The maximum absolute atomic E-state index is 13.4. The zero-order valence-electron chi connectivity index (χ0n) is 21.7. The van der Waals surface area contributed by atoms with E-state index in [0.717, 1.165) is 78.8 Å². The van der Waals surface area contributed by atoms with Crippen LogP contribution in [0.3, 0.4) is 0 Å². The molecular weight excluding hydrogens is 542 g/mol. The second kappa shape index (κ2) is 10.1. The molecular formula is C26H30F2N8OS2. The number of aromatic nitrogens is 4. The van der Waals surface area contributed by atoms with E-state index < -0.39 is 11.1 Å². The number of halogens is 2. The maximum Gasteiger partial charge on any atom is 0.183 e. The molecule has 4 aliphatic rings. The zero-order chi connectivity index (χ0) is 27.3. The van der Waals surface area contributed by atoms with Gasteiger partial charge in [0.15, 0.2) is 22.8 Å². The van der Waals surface area contributed by atoms with E-state index >= 15 is 0 Å². The molecule has 0 aromatic carbocycles. The number of carbonyl (C=O) groups excluding carboxylic acids is 1. The minimum absolute atomic E-state index is 0.349. The Hall–Kier alpha value is -2.66. The topological polar surface area (TPSA) is 102 Å². The van der Waals surface area contributed by atoms with Gasteiger partial charge < -0.3 is 9.80 Å². The van der Waals surface area contributed by atoms with Crippen LogP contribution in [0.5, 0.6) is 0 Å². The number of piperazine rings is 1. The smallest absolute Gasteiger partial charge is 0.183 e. The summed E-state index contributed by atoms with van der Waals surface area (Å²) in [5.74, 6) is 0.729. The quantitative estimate of drug-likeness (QED) is 0.318. The molecule has 9 nitrogen and oxygen atoms in total. The molecule has 0 radical (unpaired) electrons. The SMILES string of the molecule is CN1CCN(c2cc(SNC3(CF)CC3)cn3c(-c4nnc(C5(C#N)CC5)s4)ncc23)CC1.O=CC1(F)CC1. The molecule has 1 aliphatic heterocycles. The van der Waals surface area contributed by atoms with Gasteiger partial charge in [-0.2, -0.15) is 5.26 Å². The molecule has 0 atom stereocenters. The van der Waals surface area contributed by atoms with Crippen molar-refractivity contribution in [3.05, 3.63) is 23.5 Å². The molecule has 3 saturated carbocycles. The minimum atomic E-state index is -1.39. The Morgan fingerprint density at radius 2 is 1.92 bits per heavy atom. The van der Waals surface area contributed by atoms with E-state index in [0.29, 0.717) is 24.1 Å². The molecule has 4 fully saturated rings. The fraction of sp³-hybridized carbons (Fsp3) is 0.577. The first-order valence-electron chi connectivity index (χ1n) is 13.2. The van der Waals surface area contributed by atoms with E-state index in [4.69, 9.17) is 4.98 Å². The highest BCUT2D eigenvalue weighted by Crippen LogP contribution is 2.49. The van der Waals surface area contributed by atoms with E-state index in [9.17, 15) is 18.8 Å². The highest BCUT2D eigenvalue weighted by Gasteiger charge is 2.48. The van der Waals surface area contributed by atoms with Crippen molar-refractivity contribution in [3.63, 3.8) is 0 Å². The van der Waals surface area contributed by atoms with Crippen molar-refractivity contribution < 1.29 is 13.6 Å². The Morgan fingerprint density at radius 1 is 1.18 bits per heavy atom. The zero-order valence-corrected chi connectivity index (χ0v) is 23.3. The minimum Gasteiger partial charge on any atom is -0.367 e. The number of nitrogens with zero attached hydrogens (tertiary/aromatic N) is 7. The van der Waals surface area contributed by atoms with Crippen molar-refractivity contribution >= 4 is 40.8 Å². The van der Waals surface area contributed by atoms with Crippen molar-refractivity contribution in [2.45, 2.75) is 60.0 Å². The summed E-state index contributed by atoms with van der Waals surface area (Å²) in [5.41, 5.74) is -0.0814. The molecule has 0 amide bonds. The summed E-state index contributed by atoms with van der Waals surface area (Å²) in [5, 5.41) is 19.8. The normalized spacial score (nSPS) is 22.1. The van der Waals surface area contributed by atoms with Gasteiger partial charge in [0.25, 0.3) is 0 Å². The van der Waals surface area contributed by atoms with Gasteiger partial charge in [-0.15, -0.1) is 10.2 Å². The lowest BCUT2D eigenvalue weighted by atomic mass is 10.1. The van der Waals surface area contributed by atoms with Crippen LogP contribution in [0.1, 0.15) is 43.5 Å². The Morgan fingerprint density at radius 3 is 2.49 bits per heavy atom. The van der Waals surface area contributed by atoms with Crippen LogP contribution in [0, 0.1) is 11.3 Å². The molecule has 3 aromatic rings. The number of hydrogen-bond acceptors (Lipinski definition) is 10. The fourth-order valence-electron chi connectivity index (χ4n) is 4.39. The third-order valence-corrected chi connectivity index (χ3v) is 9.98. The Bertz CT molecular complexity index is 1410. The molecule has 3 aliphatic carbocycles. The van der Waals surface area contributed by atoms with Gasteiger partial charge in [-0.25, -0.2) is 13.8 Å². The molecule has 13 heteroatoms. The van der Waals surface area contributed by atoms with Crippen LogP contribution >= 0.6 is 23.3 Å². The van der Waals surface area contributed by atoms with Crippen molar-refractivity contribution in [2.75, 3.05) is 44.8 Å². The summed E-state index contributed by atoms with van der Waals surface area (Å²) in [6.07, 6.45) is 8.63. The van der Waals surface area contributed by atoms with Crippen LogP contribution in [-0.2, 0) is 10.2 Å². The van der Waals surface area contributed by atoms with Crippen molar-refractivity contribution in [3.8, 4) is 16.9 Å². The summed E-state index contributed by atoms with van der Waals surface area (Å²) in [7, 11) is 2.15. The van der Waals surface area contributed by atoms with Gasteiger partial charge in [-0.3, -0.25) is 13.9 Å². The number of nitriles is 1. The molecule has 7 rings (SSSR count). The lowest BCUT2D eigenvalue weighted by Gasteiger charge is -2.34. The molecule has 1 N–H and O–H groups in total. The second-order valence-electron chi connectivity index (χ2n) is 11.1. The molecule has 3 aromatic heterocycles. The summed E-state index contributed by atoms with van der Waals surface area (Å²) >= 11 is 2.94. The third-order valence-electron chi connectivity index (χ3n) is 7.86. The summed E-state index contributed by atoms with van der Waals surface area (Å²) in [4.78, 5) is 20.0. The van der Waals surface area contributed by atoms with Gasteiger partial charge in [0.1, 0.15) is 17.1 Å². The number of fused-ring (bicyclic) bond motifs is 1. The second-order valence-corrected chi connectivity index (χ2v) is 12.9. The van der Waals surface area contributed by atoms with Crippen molar-refractivity contribution in [2.24, 2.45) is 0 Å². The Labute approximate surface area is 233 Å². The van der Waals surface area contributed by atoms with Crippen LogP contribution in [0.25, 0.3) is 16.3 Å². The third kappa shape index (κ3) is 5.39. The van der Waals surface area contributed by atoms with Crippen LogP contribution < -0.4 is 9.62 Å². The van der Waals surface area contributed by atoms with Crippen LogP contribution in [-0.4, -0.2) is 81.9 Å².